The van der Waals surface area contributed by atoms with E-state index in [-0.39, 0.29) is 11.9 Å². The highest BCUT2D eigenvalue weighted by Gasteiger charge is 2.47. The van der Waals surface area contributed by atoms with Crippen molar-refractivity contribution < 1.29 is 9.52 Å². The average Bonchev–Trinajstić information content (AvgIpc) is 3.03. The molecular weight excluding hydrogens is 254 g/mol. The minimum absolute atomic E-state index is 0.0599. The van der Waals surface area contributed by atoms with Crippen LogP contribution in [-0.2, 0) is 5.60 Å². The molecule has 0 bridgehead atoms. The Morgan fingerprint density at radius 1 is 0.900 bits per heavy atom. The van der Waals surface area contributed by atoms with Gasteiger partial charge in [0.2, 0.25) is 0 Å². The monoisotopic (exact) mass is 265 g/mol. The van der Waals surface area contributed by atoms with E-state index in [1.807, 2.05) is 48.5 Å². The summed E-state index contributed by atoms with van der Waals surface area (Å²) >= 11 is 0. The Labute approximate surface area is 114 Å². The Kier molecular flexibility index (Phi) is 2.06. The van der Waals surface area contributed by atoms with Gasteiger partial charge in [-0.1, -0.05) is 53.6 Å². The van der Waals surface area contributed by atoms with E-state index in [9.17, 15) is 5.11 Å². The standard InChI is InChI=1S/C15H11N3O2/c16-14-18-17-13(20-14)15(19)11-7-3-1-5-9(11)10-6-2-4-8-12(10)15/h1-8,19H,(H2,16,18). The lowest BCUT2D eigenvalue weighted by molar-refractivity contribution is 0.0983. The molecule has 5 nitrogen and oxygen atoms in total. The summed E-state index contributed by atoms with van der Waals surface area (Å²) < 4.78 is 5.29. The topological polar surface area (TPSA) is 85.2 Å². The predicted molar refractivity (Wildman–Crippen MR) is 72.7 cm³/mol. The van der Waals surface area contributed by atoms with Crippen LogP contribution in [0.15, 0.2) is 52.9 Å². The maximum Gasteiger partial charge on any atom is 0.312 e. The van der Waals surface area contributed by atoms with Crippen LogP contribution in [0, 0.1) is 0 Å². The summed E-state index contributed by atoms with van der Waals surface area (Å²) in [6, 6.07) is 15.2. The third-order valence-corrected chi connectivity index (χ3v) is 3.67. The maximum atomic E-state index is 11.2. The Morgan fingerprint density at radius 3 is 1.95 bits per heavy atom. The fraction of sp³-hybridized carbons (Fsp3) is 0.0667. The second-order valence-electron chi connectivity index (χ2n) is 4.75. The summed E-state index contributed by atoms with van der Waals surface area (Å²) in [6.07, 6.45) is 0. The molecule has 3 aromatic rings. The molecule has 1 heterocycles. The van der Waals surface area contributed by atoms with Crippen LogP contribution < -0.4 is 5.73 Å². The lowest BCUT2D eigenvalue weighted by atomic mass is 9.91. The molecule has 0 saturated carbocycles. The van der Waals surface area contributed by atoms with Crippen molar-refractivity contribution >= 4 is 6.01 Å². The van der Waals surface area contributed by atoms with Gasteiger partial charge in [-0.15, -0.1) is 5.10 Å². The second kappa shape index (κ2) is 3.68. The van der Waals surface area contributed by atoms with Gasteiger partial charge >= 0.3 is 6.01 Å². The highest BCUT2D eigenvalue weighted by atomic mass is 16.4. The van der Waals surface area contributed by atoms with Crippen molar-refractivity contribution in [2.45, 2.75) is 5.60 Å². The summed E-state index contributed by atoms with van der Waals surface area (Å²) in [5.74, 6) is 0.0902. The van der Waals surface area contributed by atoms with Gasteiger partial charge in [-0.2, -0.15) is 0 Å². The summed E-state index contributed by atoms with van der Waals surface area (Å²) in [4.78, 5) is 0. The first-order chi connectivity index (χ1) is 9.71. The van der Waals surface area contributed by atoms with E-state index in [0.29, 0.717) is 0 Å². The van der Waals surface area contributed by atoms with Crippen molar-refractivity contribution in [1.29, 1.82) is 0 Å². The normalized spacial score (nSPS) is 14.8. The molecule has 1 aliphatic carbocycles. The van der Waals surface area contributed by atoms with Crippen LogP contribution in [-0.4, -0.2) is 15.3 Å². The first kappa shape index (κ1) is 11.2. The molecule has 0 amide bonds. The summed E-state index contributed by atoms with van der Waals surface area (Å²) in [7, 11) is 0. The average molecular weight is 265 g/mol. The molecular formula is C15H11N3O2. The van der Waals surface area contributed by atoms with E-state index in [1.165, 1.54) is 0 Å². The maximum absolute atomic E-state index is 11.2. The highest BCUT2D eigenvalue weighted by Crippen LogP contribution is 2.50. The molecule has 0 fully saturated rings. The van der Waals surface area contributed by atoms with Gasteiger partial charge in [-0.3, -0.25) is 0 Å². The zero-order valence-corrected chi connectivity index (χ0v) is 10.4. The van der Waals surface area contributed by atoms with Gasteiger partial charge in [0, 0.05) is 11.1 Å². The molecule has 0 atom stereocenters. The van der Waals surface area contributed by atoms with E-state index in [1.54, 1.807) is 0 Å². The number of hydrogen-bond acceptors (Lipinski definition) is 5. The van der Waals surface area contributed by atoms with Gasteiger partial charge in [0.05, 0.1) is 0 Å². The smallest absolute Gasteiger partial charge is 0.312 e. The molecule has 2 aromatic carbocycles. The first-order valence-electron chi connectivity index (χ1n) is 6.22. The Balaban J connectivity index is 2.09. The van der Waals surface area contributed by atoms with Crippen molar-refractivity contribution in [2.75, 3.05) is 5.73 Å². The number of benzene rings is 2. The molecule has 5 heteroatoms. The molecule has 1 aromatic heterocycles. The molecule has 1 aliphatic rings. The Morgan fingerprint density at radius 2 is 1.45 bits per heavy atom. The van der Waals surface area contributed by atoms with Gasteiger partial charge in [-0.05, 0) is 11.1 Å². The highest BCUT2D eigenvalue weighted by molar-refractivity contribution is 5.81. The van der Waals surface area contributed by atoms with Gasteiger partial charge in [0.1, 0.15) is 0 Å². The summed E-state index contributed by atoms with van der Waals surface area (Å²) in [6.45, 7) is 0. The van der Waals surface area contributed by atoms with E-state index in [2.05, 4.69) is 10.2 Å². The largest absolute Gasteiger partial charge is 0.404 e. The zero-order valence-electron chi connectivity index (χ0n) is 10.4. The first-order valence-corrected chi connectivity index (χ1v) is 6.22. The third-order valence-electron chi connectivity index (χ3n) is 3.67. The lowest BCUT2D eigenvalue weighted by Crippen LogP contribution is -2.26. The van der Waals surface area contributed by atoms with Crippen LogP contribution in [0.25, 0.3) is 11.1 Å². The van der Waals surface area contributed by atoms with Crippen molar-refractivity contribution in [3.63, 3.8) is 0 Å². The number of aromatic nitrogens is 2. The minimum atomic E-state index is -1.45. The van der Waals surface area contributed by atoms with Gasteiger partial charge in [0.25, 0.3) is 5.89 Å². The van der Waals surface area contributed by atoms with Gasteiger partial charge in [-0.25, -0.2) is 0 Å². The molecule has 0 saturated heterocycles. The van der Waals surface area contributed by atoms with E-state index >= 15 is 0 Å². The van der Waals surface area contributed by atoms with Crippen LogP contribution in [0.2, 0.25) is 0 Å². The predicted octanol–water partition coefficient (Wildman–Crippen LogP) is 1.92. The molecule has 0 radical (unpaired) electrons. The molecule has 98 valence electrons. The van der Waals surface area contributed by atoms with Crippen molar-refractivity contribution in [3.05, 3.63) is 65.5 Å². The SMILES string of the molecule is Nc1nnc(C2(O)c3ccccc3-c3ccccc32)o1. The van der Waals surface area contributed by atoms with Crippen LogP contribution in [0.5, 0.6) is 0 Å². The Bertz CT molecular complexity index is 765. The number of anilines is 1. The van der Waals surface area contributed by atoms with E-state index < -0.39 is 5.60 Å². The number of nitrogen functional groups attached to an aromatic ring is 1. The molecule has 20 heavy (non-hydrogen) atoms. The van der Waals surface area contributed by atoms with Crippen LogP contribution in [0.4, 0.5) is 6.01 Å². The number of nitrogens with zero attached hydrogens (tertiary/aromatic N) is 2. The fourth-order valence-electron chi connectivity index (χ4n) is 2.82. The second-order valence-corrected chi connectivity index (χ2v) is 4.75. The number of hydrogen-bond donors (Lipinski definition) is 2. The van der Waals surface area contributed by atoms with Crippen LogP contribution in [0.1, 0.15) is 17.0 Å². The van der Waals surface area contributed by atoms with Crippen molar-refractivity contribution in [3.8, 4) is 11.1 Å². The molecule has 0 unspecified atom stereocenters. The van der Waals surface area contributed by atoms with Crippen LogP contribution in [0.3, 0.4) is 0 Å². The Hall–Kier alpha value is -2.66. The van der Waals surface area contributed by atoms with Gasteiger partial charge < -0.3 is 15.3 Å². The third kappa shape index (κ3) is 1.24. The number of rotatable bonds is 1. The molecule has 0 spiro atoms. The molecule has 3 N–H and O–H groups in total. The molecule has 0 aliphatic heterocycles. The summed E-state index contributed by atoms with van der Waals surface area (Å²) in [5.41, 5.74) is 7.42. The van der Waals surface area contributed by atoms with E-state index in [0.717, 1.165) is 22.3 Å². The van der Waals surface area contributed by atoms with Gasteiger partial charge in [0.15, 0.2) is 5.60 Å². The zero-order chi connectivity index (χ0) is 13.7. The lowest BCUT2D eigenvalue weighted by Gasteiger charge is -2.21. The summed E-state index contributed by atoms with van der Waals surface area (Å²) in [5, 5.41) is 18.8. The van der Waals surface area contributed by atoms with Crippen molar-refractivity contribution in [1.82, 2.24) is 10.2 Å². The van der Waals surface area contributed by atoms with Crippen LogP contribution >= 0.6 is 0 Å². The minimum Gasteiger partial charge on any atom is -0.404 e. The number of nitrogens with two attached hydrogens (primary N) is 1. The molecule has 4 rings (SSSR count). The fourth-order valence-corrected chi connectivity index (χ4v) is 2.82. The quantitative estimate of drug-likeness (QED) is 0.702. The van der Waals surface area contributed by atoms with E-state index in [4.69, 9.17) is 10.2 Å². The van der Waals surface area contributed by atoms with Crippen molar-refractivity contribution in [2.24, 2.45) is 0 Å². The number of fused-ring (bicyclic) bond motifs is 3. The number of aliphatic hydroxyl groups is 1.